The first-order chi connectivity index (χ1) is 9.52. The lowest BCUT2D eigenvalue weighted by Gasteiger charge is -2.15. The molecular formula is C15H25N3O2. The van der Waals surface area contributed by atoms with Crippen molar-refractivity contribution in [2.24, 2.45) is 0 Å². The molecule has 0 radical (unpaired) electrons. The molecule has 1 unspecified atom stereocenters. The van der Waals surface area contributed by atoms with Gasteiger partial charge in [0.05, 0.1) is 6.10 Å². The van der Waals surface area contributed by atoms with Crippen molar-refractivity contribution in [1.29, 1.82) is 0 Å². The van der Waals surface area contributed by atoms with E-state index in [2.05, 4.69) is 15.6 Å². The molecule has 20 heavy (non-hydrogen) atoms. The van der Waals surface area contributed by atoms with Crippen LogP contribution in [0.5, 0.6) is 5.75 Å². The van der Waals surface area contributed by atoms with Crippen molar-refractivity contribution in [3.05, 3.63) is 18.3 Å². The van der Waals surface area contributed by atoms with E-state index in [0.29, 0.717) is 24.5 Å². The number of hydrogen-bond donors (Lipinski definition) is 2. The Bertz CT molecular complexity index is 421. The highest BCUT2D eigenvalue weighted by molar-refractivity contribution is 5.76. The maximum atomic E-state index is 11.7. The van der Waals surface area contributed by atoms with E-state index < -0.39 is 0 Å². The average Bonchev–Trinajstić information content (AvgIpc) is 2.40. The number of amides is 1. The third-order valence-electron chi connectivity index (χ3n) is 2.80. The molecule has 1 atom stereocenters. The Hall–Kier alpha value is -1.78. The van der Waals surface area contributed by atoms with Crippen LogP contribution in [0, 0.1) is 0 Å². The van der Waals surface area contributed by atoms with E-state index in [1.807, 2.05) is 39.8 Å². The molecule has 5 nitrogen and oxygen atoms in total. The normalized spacial score (nSPS) is 12.1. The van der Waals surface area contributed by atoms with Crippen LogP contribution in [0.1, 0.15) is 40.5 Å². The lowest BCUT2D eigenvalue weighted by Crippen LogP contribution is -2.33. The van der Waals surface area contributed by atoms with E-state index in [4.69, 9.17) is 4.74 Å². The summed E-state index contributed by atoms with van der Waals surface area (Å²) in [5, 5.41) is 6.08. The molecule has 0 saturated carbocycles. The van der Waals surface area contributed by atoms with Crippen molar-refractivity contribution in [2.75, 3.05) is 11.9 Å². The third-order valence-corrected chi connectivity index (χ3v) is 2.80. The lowest BCUT2D eigenvalue weighted by atomic mass is 10.2. The Labute approximate surface area is 121 Å². The fourth-order valence-corrected chi connectivity index (χ4v) is 1.62. The van der Waals surface area contributed by atoms with Crippen LogP contribution >= 0.6 is 0 Å². The van der Waals surface area contributed by atoms with Crippen molar-refractivity contribution in [2.45, 2.75) is 52.7 Å². The molecule has 0 fully saturated rings. The van der Waals surface area contributed by atoms with Crippen LogP contribution in [0.2, 0.25) is 0 Å². The Morgan fingerprint density at radius 2 is 2.15 bits per heavy atom. The average molecular weight is 279 g/mol. The topological polar surface area (TPSA) is 63.2 Å². The number of hydrogen-bond acceptors (Lipinski definition) is 4. The molecule has 2 N–H and O–H groups in total. The summed E-state index contributed by atoms with van der Waals surface area (Å²) in [6.07, 6.45) is 3.15. The van der Waals surface area contributed by atoms with Crippen LogP contribution in [0.3, 0.4) is 0 Å². The third kappa shape index (κ3) is 5.91. The van der Waals surface area contributed by atoms with Crippen molar-refractivity contribution in [3.63, 3.8) is 0 Å². The predicted molar refractivity (Wildman–Crippen MR) is 81.0 cm³/mol. The van der Waals surface area contributed by atoms with Crippen LogP contribution < -0.4 is 15.4 Å². The molecule has 0 aliphatic carbocycles. The molecule has 0 bridgehead atoms. The van der Waals surface area contributed by atoms with Crippen LogP contribution in [0.15, 0.2) is 18.3 Å². The van der Waals surface area contributed by atoms with Gasteiger partial charge in [0.15, 0.2) is 11.6 Å². The number of ether oxygens (including phenoxy) is 1. The van der Waals surface area contributed by atoms with E-state index >= 15 is 0 Å². The molecule has 1 aromatic rings. The molecule has 0 saturated heterocycles. The molecule has 1 heterocycles. The highest BCUT2D eigenvalue weighted by atomic mass is 16.5. The highest BCUT2D eigenvalue weighted by Gasteiger charge is 2.08. The number of nitrogens with zero attached hydrogens (tertiary/aromatic N) is 1. The first-order valence-corrected chi connectivity index (χ1v) is 7.17. The smallest absolute Gasteiger partial charge is 0.221 e. The Kier molecular flexibility index (Phi) is 6.84. The minimum Gasteiger partial charge on any atom is -0.487 e. The van der Waals surface area contributed by atoms with Gasteiger partial charge in [-0.1, -0.05) is 6.92 Å². The largest absolute Gasteiger partial charge is 0.487 e. The number of carbonyl (C=O) groups excluding carboxylic acids is 1. The van der Waals surface area contributed by atoms with Gasteiger partial charge < -0.3 is 15.4 Å². The van der Waals surface area contributed by atoms with Gasteiger partial charge >= 0.3 is 0 Å². The second-order valence-electron chi connectivity index (χ2n) is 5.07. The fourth-order valence-electron chi connectivity index (χ4n) is 1.62. The second kappa shape index (κ2) is 8.40. The van der Waals surface area contributed by atoms with Gasteiger partial charge in [-0.05, 0) is 39.3 Å². The quantitative estimate of drug-likeness (QED) is 0.767. The molecule has 0 aromatic carbocycles. The number of nitrogens with one attached hydrogen (secondary N) is 2. The minimum absolute atomic E-state index is 0.0501. The molecule has 112 valence electrons. The number of aromatic nitrogens is 1. The minimum atomic E-state index is 0.0501. The summed E-state index contributed by atoms with van der Waals surface area (Å²) in [5.41, 5.74) is 0. The van der Waals surface area contributed by atoms with Gasteiger partial charge in [0.25, 0.3) is 0 Å². The molecule has 5 heteroatoms. The zero-order valence-corrected chi connectivity index (χ0v) is 12.8. The van der Waals surface area contributed by atoms with Crippen LogP contribution in [0.4, 0.5) is 5.82 Å². The Morgan fingerprint density at radius 1 is 1.40 bits per heavy atom. The van der Waals surface area contributed by atoms with Gasteiger partial charge in [-0.3, -0.25) is 4.79 Å². The fraction of sp³-hybridized carbons (Fsp3) is 0.600. The van der Waals surface area contributed by atoms with E-state index in [0.717, 1.165) is 6.42 Å². The van der Waals surface area contributed by atoms with Gasteiger partial charge in [-0.15, -0.1) is 0 Å². The van der Waals surface area contributed by atoms with Crippen molar-refractivity contribution < 1.29 is 9.53 Å². The van der Waals surface area contributed by atoms with Crippen molar-refractivity contribution in [1.82, 2.24) is 10.3 Å². The molecule has 1 amide bonds. The summed E-state index contributed by atoms with van der Waals surface area (Å²) in [4.78, 5) is 15.9. The van der Waals surface area contributed by atoms with Crippen LogP contribution in [-0.4, -0.2) is 29.6 Å². The summed E-state index contributed by atoms with van der Waals surface area (Å²) in [6, 6.07) is 3.92. The van der Waals surface area contributed by atoms with Gasteiger partial charge in [-0.25, -0.2) is 4.98 Å². The van der Waals surface area contributed by atoms with Crippen molar-refractivity contribution in [3.8, 4) is 5.75 Å². The molecular weight excluding hydrogens is 254 g/mol. The van der Waals surface area contributed by atoms with Gasteiger partial charge in [0, 0.05) is 25.2 Å². The zero-order valence-electron chi connectivity index (χ0n) is 12.8. The van der Waals surface area contributed by atoms with E-state index in [9.17, 15) is 4.79 Å². The predicted octanol–water partition coefficient (Wildman–Crippen LogP) is 2.59. The monoisotopic (exact) mass is 279 g/mol. The lowest BCUT2D eigenvalue weighted by molar-refractivity contribution is -0.121. The van der Waals surface area contributed by atoms with Crippen molar-refractivity contribution >= 4 is 11.7 Å². The van der Waals surface area contributed by atoms with E-state index in [1.165, 1.54) is 0 Å². The zero-order chi connectivity index (χ0) is 15.0. The summed E-state index contributed by atoms with van der Waals surface area (Å²) in [6.45, 7) is 8.52. The number of rotatable bonds is 8. The highest BCUT2D eigenvalue weighted by Crippen LogP contribution is 2.21. The summed E-state index contributed by atoms with van der Waals surface area (Å²) in [7, 11) is 0. The summed E-state index contributed by atoms with van der Waals surface area (Å²) >= 11 is 0. The number of carbonyl (C=O) groups is 1. The van der Waals surface area contributed by atoms with Crippen LogP contribution in [-0.2, 0) is 4.79 Å². The van der Waals surface area contributed by atoms with E-state index in [-0.39, 0.29) is 18.1 Å². The molecule has 0 spiro atoms. The second-order valence-corrected chi connectivity index (χ2v) is 5.07. The Balaban J connectivity index is 2.44. The maximum Gasteiger partial charge on any atom is 0.221 e. The van der Waals surface area contributed by atoms with Crippen LogP contribution in [0.25, 0.3) is 0 Å². The maximum absolute atomic E-state index is 11.7. The molecule has 0 aliphatic heterocycles. The molecule has 0 aliphatic rings. The first kappa shape index (κ1) is 16.3. The SMILES string of the molecule is CCC(C)NC(=O)CCNc1ncccc1OC(C)C. The van der Waals surface area contributed by atoms with Gasteiger partial charge in [0.2, 0.25) is 5.91 Å². The Morgan fingerprint density at radius 3 is 2.80 bits per heavy atom. The number of pyridine rings is 1. The first-order valence-electron chi connectivity index (χ1n) is 7.17. The summed E-state index contributed by atoms with van der Waals surface area (Å²) < 4.78 is 5.66. The molecule has 1 rings (SSSR count). The summed E-state index contributed by atoms with van der Waals surface area (Å²) in [5.74, 6) is 1.44. The van der Waals surface area contributed by atoms with Gasteiger partial charge in [0.1, 0.15) is 0 Å². The van der Waals surface area contributed by atoms with Gasteiger partial charge in [-0.2, -0.15) is 0 Å². The molecule has 1 aromatic heterocycles. The standard InChI is InChI=1S/C15H25N3O2/c1-5-12(4)18-14(19)8-10-17-15-13(20-11(2)3)7-6-9-16-15/h6-7,9,11-12H,5,8,10H2,1-4H3,(H,16,17)(H,18,19). The number of anilines is 1. The van der Waals surface area contributed by atoms with E-state index in [1.54, 1.807) is 6.20 Å².